The Balaban J connectivity index is 0.000000180. The number of hydrogen-bond donors (Lipinski definition) is 2. The van der Waals surface area contributed by atoms with Crippen LogP contribution in [0.3, 0.4) is 0 Å². The van der Waals surface area contributed by atoms with Crippen molar-refractivity contribution < 1.29 is 0 Å². The Morgan fingerprint density at radius 2 is 1.06 bits per heavy atom. The van der Waals surface area contributed by atoms with Gasteiger partial charge in [-0.1, -0.05) is 41.5 Å². The minimum absolute atomic E-state index is 0.205. The van der Waals surface area contributed by atoms with Gasteiger partial charge in [0, 0.05) is 34.6 Å². The molecule has 0 radical (unpaired) electrons. The summed E-state index contributed by atoms with van der Waals surface area (Å²) in [6.45, 7) is 12.9. The predicted molar refractivity (Wildman–Crippen MR) is 74.6 cm³/mol. The van der Waals surface area contributed by atoms with E-state index in [0.717, 1.165) is 0 Å². The SMILES string of the molecule is CC(C)(C)c1ccn[nH]1.CC(C)(C)c1ccn[nH]1. The Hall–Kier alpha value is -1.58. The molecule has 0 spiro atoms. The Morgan fingerprint density at radius 3 is 1.17 bits per heavy atom. The molecule has 4 heteroatoms. The molecule has 2 aromatic rings. The highest BCUT2D eigenvalue weighted by molar-refractivity contribution is 5.09. The Bertz CT molecular complexity index is 383. The van der Waals surface area contributed by atoms with E-state index in [1.807, 2.05) is 12.1 Å². The van der Waals surface area contributed by atoms with Gasteiger partial charge in [0.15, 0.2) is 0 Å². The topological polar surface area (TPSA) is 57.4 Å². The van der Waals surface area contributed by atoms with Gasteiger partial charge in [0.05, 0.1) is 0 Å². The maximum Gasteiger partial charge on any atom is 0.0490 e. The van der Waals surface area contributed by atoms with Gasteiger partial charge in [0.2, 0.25) is 0 Å². The minimum atomic E-state index is 0.205. The van der Waals surface area contributed by atoms with Gasteiger partial charge in [0.1, 0.15) is 0 Å². The lowest BCUT2D eigenvalue weighted by molar-refractivity contribution is 0.566. The summed E-state index contributed by atoms with van der Waals surface area (Å²) >= 11 is 0. The molecule has 2 rings (SSSR count). The molecule has 0 saturated carbocycles. The molecule has 18 heavy (non-hydrogen) atoms. The van der Waals surface area contributed by atoms with Crippen molar-refractivity contribution >= 4 is 0 Å². The second kappa shape index (κ2) is 5.38. The van der Waals surface area contributed by atoms with E-state index in [1.54, 1.807) is 12.4 Å². The summed E-state index contributed by atoms with van der Waals surface area (Å²) in [6.07, 6.45) is 3.56. The second-order valence-electron chi connectivity index (χ2n) is 6.44. The first-order chi connectivity index (χ1) is 8.21. The van der Waals surface area contributed by atoms with Crippen LogP contribution >= 0.6 is 0 Å². The average Bonchev–Trinajstić information content (AvgIpc) is 2.91. The second-order valence-corrected chi connectivity index (χ2v) is 6.44. The number of nitrogens with one attached hydrogen (secondary N) is 2. The van der Waals surface area contributed by atoms with Crippen molar-refractivity contribution in [1.82, 2.24) is 20.4 Å². The van der Waals surface area contributed by atoms with Crippen molar-refractivity contribution in [3.63, 3.8) is 0 Å². The summed E-state index contributed by atoms with van der Waals surface area (Å²) in [5.74, 6) is 0. The lowest BCUT2D eigenvalue weighted by Crippen LogP contribution is -2.11. The maximum absolute atomic E-state index is 3.86. The average molecular weight is 248 g/mol. The monoisotopic (exact) mass is 248 g/mol. The molecule has 0 aromatic carbocycles. The molecule has 2 aromatic heterocycles. The van der Waals surface area contributed by atoms with Gasteiger partial charge in [-0.15, -0.1) is 0 Å². The Labute approximate surface area is 109 Å². The van der Waals surface area contributed by atoms with Crippen LogP contribution in [0.25, 0.3) is 0 Å². The number of H-pyrrole nitrogens is 2. The van der Waals surface area contributed by atoms with E-state index < -0.39 is 0 Å². The van der Waals surface area contributed by atoms with Crippen molar-refractivity contribution in [3.05, 3.63) is 35.9 Å². The Morgan fingerprint density at radius 1 is 0.722 bits per heavy atom. The van der Waals surface area contributed by atoms with E-state index in [2.05, 4.69) is 61.9 Å². The van der Waals surface area contributed by atoms with Crippen LogP contribution in [-0.2, 0) is 10.8 Å². The molecule has 0 aliphatic rings. The van der Waals surface area contributed by atoms with Crippen molar-refractivity contribution in [2.45, 2.75) is 52.4 Å². The van der Waals surface area contributed by atoms with E-state index in [0.29, 0.717) is 0 Å². The third kappa shape index (κ3) is 4.35. The zero-order valence-electron chi connectivity index (χ0n) is 12.2. The smallest absolute Gasteiger partial charge is 0.0490 e. The normalized spacial score (nSPS) is 11.9. The number of aromatic amines is 2. The van der Waals surface area contributed by atoms with E-state index in [4.69, 9.17) is 0 Å². The zero-order chi connectivity index (χ0) is 13.8. The first kappa shape index (κ1) is 14.5. The van der Waals surface area contributed by atoms with Crippen LogP contribution < -0.4 is 0 Å². The summed E-state index contributed by atoms with van der Waals surface area (Å²) in [5.41, 5.74) is 2.78. The predicted octanol–water partition coefficient (Wildman–Crippen LogP) is 3.41. The molecule has 0 fully saturated rings. The molecule has 0 unspecified atom stereocenters. The van der Waals surface area contributed by atoms with Gasteiger partial charge >= 0.3 is 0 Å². The number of nitrogens with zero attached hydrogens (tertiary/aromatic N) is 2. The molecule has 4 nitrogen and oxygen atoms in total. The summed E-state index contributed by atoms with van der Waals surface area (Å²) in [6, 6.07) is 4.00. The van der Waals surface area contributed by atoms with Crippen molar-refractivity contribution in [1.29, 1.82) is 0 Å². The summed E-state index contributed by atoms with van der Waals surface area (Å²) < 4.78 is 0. The highest BCUT2D eigenvalue weighted by Gasteiger charge is 2.14. The van der Waals surface area contributed by atoms with Gasteiger partial charge in [-0.2, -0.15) is 10.2 Å². The van der Waals surface area contributed by atoms with Gasteiger partial charge in [-0.05, 0) is 12.1 Å². The van der Waals surface area contributed by atoms with Gasteiger partial charge in [-0.3, -0.25) is 10.2 Å². The fourth-order valence-corrected chi connectivity index (χ4v) is 1.35. The highest BCUT2D eigenvalue weighted by Crippen LogP contribution is 2.18. The minimum Gasteiger partial charge on any atom is -0.282 e. The van der Waals surface area contributed by atoms with E-state index in [-0.39, 0.29) is 10.8 Å². The number of rotatable bonds is 0. The fraction of sp³-hybridized carbons (Fsp3) is 0.571. The molecular weight excluding hydrogens is 224 g/mol. The van der Waals surface area contributed by atoms with Gasteiger partial charge in [-0.25, -0.2) is 0 Å². The molecule has 0 saturated heterocycles. The van der Waals surface area contributed by atoms with Crippen molar-refractivity contribution in [3.8, 4) is 0 Å². The summed E-state index contributed by atoms with van der Waals surface area (Å²) in [7, 11) is 0. The maximum atomic E-state index is 3.86. The molecule has 100 valence electrons. The van der Waals surface area contributed by atoms with Crippen molar-refractivity contribution in [2.75, 3.05) is 0 Å². The fourth-order valence-electron chi connectivity index (χ4n) is 1.35. The standard InChI is InChI=1S/2C7H12N2/c2*1-7(2,3)6-4-5-8-9-6/h2*4-5H,1-3H3,(H,8,9). The molecule has 0 amide bonds. The lowest BCUT2D eigenvalue weighted by atomic mass is 9.93. The van der Waals surface area contributed by atoms with E-state index in [9.17, 15) is 0 Å². The van der Waals surface area contributed by atoms with E-state index >= 15 is 0 Å². The number of hydrogen-bond acceptors (Lipinski definition) is 2. The van der Waals surface area contributed by atoms with Crippen LogP contribution in [-0.4, -0.2) is 20.4 Å². The van der Waals surface area contributed by atoms with Crippen LogP contribution in [0.2, 0.25) is 0 Å². The third-order valence-electron chi connectivity index (χ3n) is 2.62. The first-order valence-electron chi connectivity index (χ1n) is 6.21. The van der Waals surface area contributed by atoms with Crippen LogP contribution in [0, 0.1) is 0 Å². The summed E-state index contributed by atoms with van der Waals surface area (Å²) in [4.78, 5) is 0. The van der Waals surface area contributed by atoms with Gasteiger partial charge < -0.3 is 0 Å². The largest absolute Gasteiger partial charge is 0.282 e. The van der Waals surface area contributed by atoms with Crippen LogP contribution in [0.5, 0.6) is 0 Å². The van der Waals surface area contributed by atoms with Gasteiger partial charge in [0.25, 0.3) is 0 Å². The molecule has 0 atom stereocenters. The molecular formula is C14H24N4. The van der Waals surface area contributed by atoms with Crippen LogP contribution in [0.1, 0.15) is 52.9 Å². The molecule has 0 bridgehead atoms. The molecule has 0 aliphatic heterocycles. The molecule has 2 N–H and O–H groups in total. The number of aromatic nitrogens is 4. The third-order valence-corrected chi connectivity index (χ3v) is 2.62. The van der Waals surface area contributed by atoms with Crippen LogP contribution in [0.15, 0.2) is 24.5 Å². The van der Waals surface area contributed by atoms with Crippen molar-refractivity contribution in [2.24, 2.45) is 0 Å². The molecule has 2 heterocycles. The highest BCUT2D eigenvalue weighted by atomic mass is 15.1. The Kier molecular flexibility index (Phi) is 4.33. The first-order valence-corrected chi connectivity index (χ1v) is 6.21. The molecule has 0 aliphatic carbocycles. The van der Waals surface area contributed by atoms with E-state index in [1.165, 1.54) is 11.4 Å². The zero-order valence-corrected chi connectivity index (χ0v) is 12.2. The van der Waals surface area contributed by atoms with Crippen LogP contribution in [0.4, 0.5) is 0 Å². The summed E-state index contributed by atoms with van der Waals surface area (Å²) in [5, 5.41) is 13.6. The lowest BCUT2D eigenvalue weighted by Gasteiger charge is -2.14. The quantitative estimate of drug-likeness (QED) is 0.750.